The molecular weight excluding hydrogens is 288 g/mol. The topological polar surface area (TPSA) is 47.3 Å². The van der Waals surface area contributed by atoms with E-state index in [4.69, 9.17) is 4.74 Å². The molecule has 0 saturated carbocycles. The summed E-state index contributed by atoms with van der Waals surface area (Å²) in [6, 6.07) is 13.9. The van der Waals surface area contributed by atoms with Gasteiger partial charge in [-0.1, -0.05) is 19.1 Å². The average Bonchev–Trinajstić information content (AvgIpc) is 2.89. The van der Waals surface area contributed by atoms with Crippen LogP contribution in [0.1, 0.15) is 26.3 Å². The van der Waals surface area contributed by atoms with E-state index in [0.717, 1.165) is 29.0 Å². The highest BCUT2D eigenvalue weighted by atomic mass is 16.5. The van der Waals surface area contributed by atoms with E-state index in [-0.39, 0.29) is 0 Å². The van der Waals surface area contributed by atoms with Gasteiger partial charge in [0.05, 0.1) is 29.5 Å². The number of ether oxygens (including phenoxy) is 1. The molecule has 0 fully saturated rings. The molecule has 3 rings (SSSR count). The number of rotatable bonds is 5. The molecule has 0 bridgehead atoms. The number of imidazole rings is 1. The number of benzene rings is 2. The fourth-order valence-electron chi connectivity index (χ4n) is 2.57. The van der Waals surface area contributed by atoms with Gasteiger partial charge >= 0.3 is 0 Å². The molecule has 0 spiro atoms. The Morgan fingerprint density at radius 3 is 2.43 bits per heavy atom. The first-order valence-corrected chi connectivity index (χ1v) is 7.89. The lowest BCUT2D eigenvalue weighted by Crippen LogP contribution is -2.25. The number of aryl methyl sites for hydroxylation is 1. The largest absolute Gasteiger partial charge is 0.457 e. The Bertz CT molecular complexity index is 798. The molecule has 3 aromatic rings. The second-order valence-electron chi connectivity index (χ2n) is 6.43. The van der Waals surface area contributed by atoms with E-state index in [1.807, 2.05) is 34.9 Å². The fourth-order valence-corrected chi connectivity index (χ4v) is 2.57. The van der Waals surface area contributed by atoms with Crippen LogP contribution in [0.25, 0.3) is 11.0 Å². The molecule has 0 unspecified atom stereocenters. The third-order valence-electron chi connectivity index (χ3n) is 3.72. The molecule has 0 saturated heterocycles. The summed E-state index contributed by atoms with van der Waals surface area (Å²) in [6.07, 6.45) is 2.77. The van der Waals surface area contributed by atoms with Crippen molar-refractivity contribution in [1.29, 1.82) is 0 Å². The van der Waals surface area contributed by atoms with Gasteiger partial charge in [0.15, 0.2) is 0 Å². The zero-order chi connectivity index (χ0) is 16.4. The van der Waals surface area contributed by atoms with Crippen LogP contribution >= 0.6 is 0 Å². The van der Waals surface area contributed by atoms with Gasteiger partial charge in [-0.3, -0.25) is 0 Å². The Hall–Kier alpha value is -2.33. The van der Waals surface area contributed by atoms with Gasteiger partial charge in [0.1, 0.15) is 11.5 Å². The zero-order valence-corrected chi connectivity index (χ0v) is 13.8. The van der Waals surface area contributed by atoms with Crippen LogP contribution in [-0.4, -0.2) is 20.3 Å². The van der Waals surface area contributed by atoms with Gasteiger partial charge in [0.25, 0.3) is 0 Å². The van der Waals surface area contributed by atoms with Gasteiger partial charge < -0.3 is 14.4 Å². The third kappa shape index (κ3) is 3.71. The summed E-state index contributed by atoms with van der Waals surface area (Å²) in [7, 11) is 0. The van der Waals surface area contributed by atoms with Gasteiger partial charge in [-0.2, -0.15) is 0 Å². The lowest BCUT2D eigenvalue weighted by Gasteiger charge is -2.18. The van der Waals surface area contributed by atoms with Crippen LogP contribution < -0.4 is 4.74 Å². The maximum absolute atomic E-state index is 10.0. The number of fused-ring (bicyclic) bond motifs is 1. The molecule has 1 aromatic heterocycles. The monoisotopic (exact) mass is 310 g/mol. The summed E-state index contributed by atoms with van der Waals surface area (Å²) >= 11 is 0. The maximum atomic E-state index is 10.0. The smallest absolute Gasteiger partial charge is 0.129 e. The number of aromatic nitrogens is 2. The van der Waals surface area contributed by atoms with Crippen molar-refractivity contribution in [2.45, 2.75) is 39.3 Å². The van der Waals surface area contributed by atoms with Gasteiger partial charge in [-0.05, 0) is 50.1 Å². The second kappa shape index (κ2) is 6.05. The molecule has 120 valence electrons. The summed E-state index contributed by atoms with van der Waals surface area (Å²) < 4.78 is 7.88. The fraction of sp³-hybridized carbons (Fsp3) is 0.316. The van der Waals surface area contributed by atoms with E-state index in [1.54, 1.807) is 20.2 Å². The van der Waals surface area contributed by atoms with Crippen molar-refractivity contribution in [3.63, 3.8) is 0 Å². The Kier molecular flexibility index (Phi) is 4.09. The Morgan fingerprint density at radius 2 is 1.78 bits per heavy atom. The summed E-state index contributed by atoms with van der Waals surface area (Å²) in [5.74, 6) is 1.58. The van der Waals surface area contributed by atoms with E-state index in [0.29, 0.717) is 6.54 Å². The summed E-state index contributed by atoms with van der Waals surface area (Å²) in [4.78, 5) is 4.37. The molecule has 2 aromatic carbocycles. The van der Waals surface area contributed by atoms with Crippen molar-refractivity contribution in [1.82, 2.24) is 9.55 Å². The Balaban J connectivity index is 1.87. The van der Waals surface area contributed by atoms with E-state index >= 15 is 0 Å². The van der Waals surface area contributed by atoms with Crippen LogP contribution in [0.2, 0.25) is 0 Å². The van der Waals surface area contributed by atoms with Crippen molar-refractivity contribution in [2.24, 2.45) is 0 Å². The molecule has 1 heterocycles. The molecule has 0 aliphatic heterocycles. The average molecular weight is 310 g/mol. The predicted octanol–water partition coefficient (Wildman–Crippen LogP) is 4.16. The normalized spacial score (nSPS) is 11.8. The zero-order valence-electron chi connectivity index (χ0n) is 13.8. The van der Waals surface area contributed by atoms with Crippen LogP contribution in [0, 0.1) is 0 Å². The first-order valence-electron chi connectivity index (χ1n) is 7.89. The number of nitrogens with zero attached hydrogens (tertiary/aromatic N) is 2. The maximum Gasteiger partial charge on any atom is 0.129 e. The van der Waals surface area contributed by atoms with Gasteiger partial charge in [0, 0.05) is 6.07 Å². The van der Waals surface area contributed by atoms with Crippen molar-refractivity contribution < 1.29 is 9.84 Å². The van der Waals surface area contributed by atoms with Crippen molar-refractivity contribution in [3.05, 3.63) is 54.4 Å². The van der Waals surface area contributed by atoms with E-state index < -0.39 is 5.60 Å². The minimum Gasteiger partial charge on any atom is -0.457 e. The summed E-state index contributed by atoms with van der Waals surface area (Å²) in [5, 5.41) is 10.0. The Labute approximate surface area is 136 Å². The van der Waals surface area contributed by atoms with Crippen molar-refractivity contribution >= 4 is 11.0 Å². The quantitative estimate of drug-likeness (QED) is 0.769. The minimum atomic E-state index is -0.791. The first kappa shape index (κ1) is 15.6. The summed E-state index contributed by atoms with van der Waals surface area (Å²) in [6.45, 7) is 6.19. The van der Waals surface area contributed by atoms with E-state index in [9.17, 15) is 5.11 Å². The van der Waals surface area contributed by atoms with Gasteiger partial charge in [-0.25, -0.2) is 4.98 Å². The van der Waals surface area contributed by atoms with Crippen LogP contribution in [0.3, 0.4) is 0 Å². The molecule has 0 amide bonds. The lowest BCUT2D eigenvalue weighted by atomic mass is 10.1. The SMILES string of the molecule is CCc1ccc(Oc2ccc3ncn(CC(C)(C)O)c3c2)cc1. The molecule has 0 aliphatic rings. The van der Waals surface area contributed by atoms with Crippen LogP contribution in [0.4, 0.5) is 0 Å². The molecule has 1 N–H and O–H groups in total. The molecule has 0 radical (unpaired) electrons. The standard InChI is InChI=1S/C19H22N2O2/c1-4-14-5-7-15(8-6-14)23-16-9-10-17-18(11-16)21(13-20-17)12-19(2,3)22/h5-11,13,22H,4,12H2,1-3H3. The van der Waals surface area contributed by atoms with E-state index in [1.165, 1.54) is 5.56 Å². The molecule has 0 atom stereocenters. The van der Waals surface area contributed by atoms with Crippen molar-refractivity contribution in [3.8, 4) is 11.5 Å². The highest BCUT2D eigenvalue weighted by Gasteiger charge is 2.15. The molecule has 4 nitrogen and oxygen atoms in total. The molecule has 4 heteroatoms. The highest BCUT2D eigenvalue weighted by Crippen LogP contribution is 2.26. The summed E-state index contributed by atoms with van der Waals surface area (Å²) in [5.41, 5.74) is 2.34. The number of aliphatic hydroxyl groups is 1. The van der Waals surface area contributed by atoms with E-state index in [2.05, 4.69) is 24.0 Å². The first-order chi connectivity index (χ1) is 10.9. The van der Waals surface area contributed by atoms with Crippen molar-refractivity contribution in [2.75, 3.05) is 0 Å². The number of hydrogen-bond donors (Lipinski definition) is 1. The second-order valence-corrected chi connectivity index (χ2v) is 6.43. The van der Waals surface area contributed by atoms with Crippen LogP contribution in [0.5, 0.6) is 11.5 Å². The van der Waals surface area contributed by atoms with Crippen LogP contribution in [0.15, 0.2) is 48.8 Å². The molecule has 23 heavy (non-hydrogen) atoms. The molecule has 0 aliphatic carbocycles. The van der Waals surface area contributed by atoms with Gasteiger partial charge in [-0.15, -0.1) is 0 Å². The lowest BCUT2D eigenvalue weighted by molar-refractivity contribution is 0.0626. The van der Waals surface area contributed by atoms with Crippen LogP contribution in [-0.2, 0) is 13.0 Å². The third-order valence-corrected chi connectivity index (χ3v) is 3.72. The predicted molar refractivity (Wildman–Crippen MR) is 91.9 cm³/mol. The highest BCUT2D eigenvalue weighted by molar-refractivity contribution is 5.77. The number of hydrogen-bond acceptors (Lipinski definition) is 3. The molecular formula is C19H22N2O2. The minimum absolute atomic E-state index is 0.484. The van der Waals surface area contributed by atoms with Gasteiger partial charge in [0.2, 0.25) is 0 Å². The Morgan fingerprint density at radius 1 is 1.09 bits per heavy atom.